The molecule has 3 aromatic rings. The summed E-state index contributed by atoms with van der Waals surface area (Å²) in [5.74, 6) is 6.52. The average Bonchev–Trinajstić information content (AvgIpc) is 2.74. The van der Waals surface area contributed by atoms with Crippen LogP contribution in [0.3, 0.4) is 0 Å². The smallest absolute Gasteiger partial charge is 0.0190 e. The maximum Gasteiger partial charge on any atom is 0.0190 e. The summed E-state index contributed by atoms with van der Waals surface area (Å²) in [7, 11) is 0. The zero-order chi connectivity index (χ0) is 20.9. The minimum absolute atomic E-state index is 1.09. The van der Waals surface area contributed by atoms with Crippen LogP contribution in [0.2, 0.25) is 0 Å². The van der Waals surface area contributed by atoms with Crippen LogP contribution in [0, 0.1) is 20.8 Å². The van der Waals surface area contributed by atoms with E-state index in [0.717, 1.165) is 34.5 Å². The molecule has 0 spiro atoms. The van der Waals surface area contributed by atoms with Crippen LogP contribution in [0.1, 0.15) is 50.1 Å². The maximum atomic E-state index is 2.31. The topological polar surface area (TPSA) is 0 Å². The number of hydrogen-bond acceptors (Lipinski definition) is 3. The SMILES string of the molecule is Cc1c2cccc1CSCc1cccc(c1C)CSCc1cccc(c1C)CSC2. The van der Waals surface area contributed by atoms with Crippen molar-refractivity contribution in [3.05, 3.63) is 105 Å². The first kappa shape index (κ1) is 21.9. The minimum atomic E-state index is 1.09. The van der Waals surface area contributed by atoms with Gasteiger partial charge in [0.1, 0.15) is 0 Å². The van der Waals surface area contributed by atoms with Crippen molar-refractivity contribution >= 4 is 35.3 Å². The second-order valence-corrected chi connectivity index (χ2v) is 11.0. The molecule has 0 unspecified atom stereocenters. The first-order valence-corrected chi connectivity index (χ1v) is 14.0. The molecule has 0 aromatic heterocycles. The molecule has 4 rings (SSSR count). The van der Waals surface area contributed by atoms with E-state index in [-0.39, 0.29) is 0 Å². The van der Waals surface area contributed by atoms with E-state index < -0.39 is 0 Å². The Hall–Kier alpha value is -1.29. The summed E-state index contributed by atoms with van der Waals surface area (Å²) in [6.45, 7) is 6.91. The molecule has 6 bridgehead atoms. The van der Waals surface area contributed by atoms with Crippen LogP contribution < -0.4 is 0 Å². The van der Waals surface area contributed by atoms with E-state index in [2.05, 4.69) is 75.4 Å². The lowest BCUT2D eigenvalue weighted by atomic mass is 10.0. The quantitative estimate of drug-likeness (QED) is 0.338. The molecule has 0 N–H and O–H groups in total. The molecule has 3 heteroatoms. The molecule has 156 valence electrons. The second-order valence-electron chi connectivity index (χ2n) is 8.08. The van der Waals surface area contributed by atoms with Crippen molar-refractivity contribution in [1.82, 2.24) is 0 Å². The van der Waals surface area contributed by atoms with Crippen LogP contribution in [0.5, 0.6) is 0 Å². The largest absolute Gasteiger partial charge is 0.152 e. The van der Waals surface area contributed by atoms with Gasteiger partial charge in [-0.2, -0.15) is 35.3 Å². The second kappa shape index (κ2) is 10.3. The molecule has 0 saturated carbocycles. The van der Waals surface area contributed by atoms with Crippen molar-refractivity contribution in [1.29, 1.82) is 0 Å². The zero-order valence-corrected chi connectivity index (χ0v) is 20.6. The highest BCUT2D eigenvalue weighted by molar-refractivity contribution is 7.98. The van der Waals surface area contributed by atoms with Gasteiger partial charge >= 0.3 is 0 Å². The van der Waals surface area contributed by atoms with Gasteiger partial charge in [-0.3, -0.25) is 0 Å². The molecule has 0 nitrogen and oxygen atoms in total. The summed E-state index contributed by atoms with van der Waals surface area (Å²) < 4.78 is 0. The predicted octanol–water partition coefficient (Wildman–Crippen LogP) is 8.23. The first-order valence-electron chi connectivity index (χ1n) is 10.6. The fourth-order valence-electron chi connectivity index (χ4n) is 3.96. The van der Waals surface area contributed by atoms with Crippen molar-refractivity contribution in [3.8, 4) is 0 Å². The fourth-order valence-corrected chi connectivity index (χ4v) is 7.46. The Morgan fingerprint density at radius 2 is 0.600 bits per heavy atom. The monoisotopic (exact) mass is 450 g/mol. The Morgan fingerprint density at radius 3 is 0.800 bits per heavy atom. The van der Waals surface area contributed by atoms with Crippen LogP contribution >= 0.6 is 35.3 Å². The van der Waals surface area contributed by atoms with Crippen LogP contribution in [0.4, 0.5) is 0 Å². The highest BCUT2D eigenvalue weighted by Gasteiger charge is 2.10. The lowest BCUT2D eigenvalue weighted by Gasteiger charge is -2.15. The van der Waals surface area contributed by atoms with Gasteiger partial charge in [0.15, 0.2) is 0 Å². The number of rotatable bonds is 0. The van der Waals surface area contributed by atoms with Gasteiger partial charge in [0.25, 0.3) is 0 Å². The Balaban J connectivity index is 1.64. The molecule has 0 amide bonds. The normalized spacial score (nSPS) is 15.3. The lowest BCUT2D eigenvalue weighted by Crippen LogP contribution is -1.98. The summed E-state index contributed by atoms with van der Waals surface area (Å²) in [4.78, 5) is 0. The lowest BCUT2D eigenvalue weighted by molar-refractivity contribution is 1.19. The van der Waals surface area contributed by atoms with Crippen LogP contribution in [0.15, 0.2) is 54.6 Å². The van der Waals surface area contributed by atoms with Crippen molar-refractivity contribution in [2.75, 3.05) is 0 Å². The third kappa shape index (κ3) is 5.12. The zero-order valence-electron chi connectivity index (χ0n) is 18.2. The van der Waals surface area contributed by atoms with E-state index >= 15 is 0 Å². The molecule has 0 saturated heterocycles. The summed E-state index contributed by atoms with van der Waals surface area (Å²) in [6.07, 6.45) is 0. The Kier molecular flexibility index (Phi) is 7.56. The van der Waals surface area contributed by atoms with Crippen LogP contribution in [-0.4, -0.2) is 0 Å². The minimum Gasteiger partial charge on any atom is -0.152 e. The van der Waals surface area contributed by atoms with Crippen LogP contribution in [0.25, 0.3) is 0 Å². The van der Waals surface area contributed by atoms with E-state index in [1.807, 2.05) is 35.3 Å². The molecule has 1 heterocycles. The van der Waals surface area contributed by atoms with E-state index in [1.165, 1.54) is 50.1 Å². The third-order valence-corrected chi connectivity index (χ3v) is 9.31. The van der Waals surface area contributed by atoms with Gasteiger partial charge in [0.2, 0.25) is 0 Å². The van der Waals surface area contributed by atoms with Crippen molar-refractivity contribution in [3.63, 3.8) is 0 Å². The summed E-state index contributed by atoms with van der Waals surface area (Å²) in [6, 6.07) is 20.6. The summed E-state index contributed by atoms with van der Waals surface area (Å²) in [5.41, 5.74) is 13.4. The van der Waals surface area contributed by atoms with Crippen molar-refractivity contribution in [2.24, 2.45) is 0 Å². The average molecular weight is 451 g/mol. The first-order chi connectivity index (χ1) is 14.6. The molecule has 0 aliphatic carbocycles. The van der Waals surface area contributed by atoms with Gasteiger partial charge in [-0.25, -0.2) is 0 Å². The van der Waals surface area contributed by atoms with Crippen molar-refractivity contribution in [2.45, 2.75) is 55.3 Å². The van der Waals surface area contributed by atoms with Gasteiger partial charge in [-0.15, -0.1) is 0 Å². The highest BCUT2D eigenvalue weighted by atomic mass is 32.2. The van der Waals surface area contributed by atoms with Crippen LogP contribution in [-0.2, 0) is 34.5 Å². The van der Waals surface area contributed by atoms with Crippen molar-refractivity contribution < 1.29 is 0 Å². The van der Waals surface area contributed by atoms with E-state index in [1.54, 1.807) is 0 Å². The van der Waals surface area contributed by atoms with Gasteiger partial charge < -0.3 is 0 Å². The molecular formula is C27H30S3. The van der Waals surface area contributed by atoms with E-state index in [9.17, 15) is 0 Å². The number of hydrogen-bond donors (Lipinski definition) is 0. The molecule has 0 atom stereocenters. The Morgan fingerprint density at radius 1 is 0.400 bits per heavy atom. The third-order valence-electron chi connectivity index (χ3n) is 6.22. The highest BCUT2D eigenvalue weighted by Crippen LogP contribution is 2.30. The molecule has 1 aliphatic rings. The molecule has 0 radical (unpaired) electrons. The van der Waals surface area contributed by atoms with E-state index in [4.69, 9.17) is 0 Å². The standard InChI is InChI=1S/C27H30S3/c1-19-22-7-4-8-23(19)14-29-16-25-10-6-12-27(21(25)3)18-30-17-26-11-5-9-24(20(26)2)15-28-13-22/h4-12H,13-18H2,1-3H3. The Bertz CT molecular complexity index is 824. The molecule has 30 heavy (non-hydrogen) atoms. The van der Waals surface area contributed by atoms with Gasteiger partial charge in [-0.1, -0.05) is 54.6 Å². The number of benzene rings is 3. The molecule has 1 aliphatic heterocycles. The Labute approximate surface area is 194 Å². The molecular weight excluding hydrogens is 420 g/mol. The maximum absolute atomic E-state index is 2.31. The van der Waals surface area contributed by atoms with Gasteiger partial charge in [0, 0.05) is 34.5 Å². The molecule has 0 fully saturated rings. The molecule has 3 aromatic carbocycles. The number of fused-ring (bicyclic) bond motifs is 6. The fraction of sp³-hybridized carbons (Fsp3) is 0.333. The predicted molar refractivity (Wildman–Crippen MR) is 139 cm³/mol. The van der Waals surface area contributed by atoms with Gasteiger partial charge in [0.05, 0.1) is 0 Å². The number of thioether (sulfide) groups is 3. The summed E-state index contributed by atoms with van der Waals surface area (Å²) >= 11 is 6.13. The van der Waals surface area contributed by atoms with E-state index in [0.29, 0.717) is 0 Å². The summed E-state index contributed by atoms with van der Waals surface area (Å²) in [5, 5.41) is 0. The van der Waals surface area contributed by atoms with Gasteiger partial charge in [-0.05, 0) is 70.8 Å².